The van der Waals surface area contributed by atoms with Crippen LogP contribution in [-0.2, 0) is 0 Å². The zero-order chi connectivity index (χ0) is 20.7. The zero-order valence-corrected chi connectivity index (χ0v) is 16.5. The van der Waals surface area contributed by atoms with Crippen molar-refractivity contribution in [1.82, 2.24) is 4.98 Å². The van der Waals surface area contributed by atoms with Gasteiger partial charge < -0.3 is 20.4 Å². The lowest BCUT2D eigenvalue weighted by Crippen LogP contribution is -2.13. The molecule has 0 spiro atoms. The molecular weight excluding hydrogens is 377 g/mol. The molecule has 4 N–H and O–H groups in total. The molecule has 0 amide bonds. The van der Waals surface area contributed by atoms with Crippen molar-refractivity contribution in [1.29, 1.82) is 0 Å². The maximum atomic E-state index is 10.8. The maximum absolute atomic E-state index is 10.8. The molecule has 1 heterocycles. The highest BCUT2D eigenvalue weighted by Gasteiger charge is 2.41. The van der Waals surface area contributed by atoms with Crippen LogP contribution >= 0.6 is 0 Å². The van der Waals surface area contributed by atoms with Gasteiger partial charge in [-0.1, -0.05) is 36.4 Å². The number of phenolic OH excluding ortho intramolecular Hbond substituents is 4. The number of aromatic nitrogens is 1. The van der Waals surface area contributed by atoms with E-state index in [1.807, 2.05) is 18.2 Å². The second kappa shape index (κ2) is 5.82. The van der Waals surface area contributed by atoms with Crippen LogP contribution in [0.1, 0.15) is 42.2 Å². The Morgan fingerprint density at radius 1 is 0.767 bits per heavy atom. The Kier molecular flexibility index (Phi) is 3.38. The highest BCUT2D eigenvalue weighted by Crippen LogP contribution is 2.58. The number of phenols is 4. The third kappa shape index (κ3) is 2.06. The van der Waals surface area contributed by atoms with Gasteiger partial charge in [0.1, 0.15) is 7.85 Å². The van der Waals surface area contributed by atoms with E-state index in [-0.39, 0.29) is 0 Å². The summed E-state index contributed by atoms with van der Waals surface area (Å²) in [7, 11) is 1.62. The van der Waals surface area contributed by atoms with Gasteiger partial charge in [0.2, 0.25) is 11.5 Å². The predicted molar refractivity (Wildman–Crippen MR) is 119 cm³/mol. The molecule has 3 aromatic carbocycles. The summed E-state index contributed by atoms with van der Waals surface area (Å²) < 4.78 is 0. The lowest BCUT2D eigenvalue weighted by atomic mass is 9.81. The minimum Gasteiger partial charge on any atom is -0.505 e. The molecule has 0 saturated heterocycles. The largest absolute Gasteiger partial charge is 0.505 e. The van der Waals surface area contributed by atoms with Crippen molar-refractivity contribution in [2.75, 3.05) is 0 Å². The van der Waals surface area contributed by atoms with E-state index in [0.29, 0.717) is 28.6 Å². The first-order valence-corrected chi connectivity index (χ1v) is 10.3. The summed E-state index contributed by atoms with van der Waals surface area (Å²) in [6.45, 7) is 0. The molecule has 1 aromatic heterocycles. The second-order valence-electron chi connectivity index (χ2n) is 8.57. The van der Waals surface area contributed by atoms with Crippen LogP contribution in [0.5, 0.6) is 23.0 Å². The molecular formula is C24H20BNO4. The maximum Gasteiger partial charge on any atom is 0.204 e. The van der Waals surface area contributed by atoms with E-state index in [1.54, 1.807) is 7.85 Å². The van der Waals surface area contributed by atoms with Gasteiger partial charge in [-0.3, -0.25) is 0 Å². The number of hydrogen-bond donors (Lipinski definition) is 4. The fourth-order valence-electron chi connectivity index (χ4n) is 5.69. The van der Waals surface area contributed by atoms with E-state index >= 15 is 0 Å². The Morgan fingerprint density at radius 2 is 1.47 bits per heavy atom. The highest BCUT2D eigenvalue weighted by molar-refractivity contribution is 6.39. The molecule has 2 aliphatic carbocycles. The fourth-order valence-corrected chi connectivity index (χ4v) is 5.69. The van der Waals surface area contributed by atoms with Crippen molar-refractivity contribution in [3.63, 3.8) is 0 Å². The summed E-state index contributed by atoms with van der Waals surface area (Å²) in [4.78, 5) is 5.03. The fraction of sp³-hybridized carbons (Fsp3) is 0.208. The van der Waals surface area contributed by atoms with Gasteiger partial charge in [0.05, 0.1) is 11.2 Å². The predicted octanol–water partition coefficient (Wildman–Crippen LogP) is 3.50. The molecule has 5 nitrogen and oxygen atoms in total. The van der Waals surface area contributed by atoms with Gasteiger partial charge in [-0.2, -0.15) is 0 Å². The summed E-state index contributed by atoms with van der Waals surface area (Å²) >= 11 is 0. The van der Waals surface area contributed by atoms with Crippen molar-refractivity contribution >= 4 is 35.0 Å². The van der Waals surface area contributed by atoms with E-state index in [0.717, 1.165) is 46.5 Å². The first-order chi connectivity index (χ1) is 14.5. The van der Waals surface area contributed by atoms with Crippen molar-refractivity contribution in [3.05, 3.63) is 47.5 Å². The molecule has 1 fully saturated rings. The Bertz CT molecular complexity index is 1370. The highest BCUT2D eigenvalue weighted by atomic mass is 16.3. The van der Waals surface area contributed by atoms with Crippen LogP contribution in [0.2, 0.25) is 0 Å². The summed E-state index contributed by atoms with van der Waals surface area (Å²) in [6.07, 6.45) is 3.27. The molecule has 2 bridgehead atoms. The number of hydrogen-bond acceptors (Lipinski definition) is 5. The number of pyridine rings is 1. The van der Waals surface area contributed by atoms with E-state index in [4.69, 9.17) is 4.98 Å². The Labute approximate surface area is 173 Å². The molecule has 30 heavy (non-hydrogen) atoms. The summed E-state index contributed by atoms with van der Waals surface area (Å²) in [5.41, 5.74) is 4.45. The normalized spacial score (nSPS) is 19.6. The van der Waals surface area contributed by atoms with Crippen LogP contribution in [-0.4, -0.2) is 33.3 Å². The smallest absolute Gasteiger partial charge is 0.204 e. The summed E-state index contributed by atoms with van der Waals surface area (Å²) in [5.74, 6) is -1.50. The monoisotopic (exact) mass is 397 g/mol. The van der Waals surface area contributed by atoms with Crippen LogP contribution in [0.25, 0.3) is 32.9 Å². The van der Waals surface area contributed by atoms with Crippen molar-refractivity contribution < 1.29 is 20.4 Å². The minimum absolute atomic E-state index is 0.293. The van der Waals surface area contributed by atoms with Gasteiger partial charge in [0, 0.05) is 16.3 Å². The van der Waals surface area contributed by atoms with Crippen LogP contribution in [0.15, 0.2) is 36.4 Å². The number of benzene rings is 3. The SMILES string of the molecule is Bc1c(O)c(O)c(O)c(O)c1-c1nc2c(ccc3ccccc32)c2c1C1CCC2C1. The van der Waals surface area contributed by atoms with Gasteiger partial charge in [-0.25, -0.2) is 4.98 Å². The van der Waals surface area contributed by atoms with Gasteiger partial charge in [0.15, 0.2) is 11.5 Å². The number of fused-ring (bicyclic) bond motifs is 9. The molecule has 0 radical (unpaired) electrons. The Morgan fingerprint density at radius 3 is 2.27 bits per heavy atom. The zero-order valence-electron chi connectivity index (χ0n) is 16.5. The number of aromatic hydroxyl groups is 4. The van der Waals surface area contributed by atoms with E-state index < -0.39 is 23.0 Å². The topological polar surface area (TPSA) is 93.8 Å². The average molecular weight is 397 g/mol. The average Bonchev–Trinajstić information content (AvgIpc) is 3.39. The molecule has 4 aromatic rings. The molecule has 6 rings (SSSR count). The van der Waals surface area contributed by atoms with Crippen molar-refractivity contribution in [2.45, 2.75) is 31.1 Å². The lowest BCUT2D eigenvalue weighted by Gasteiger charge is -2.23. The first kappa shape index (κ1) is 17.5. The van der Waals surface area contributed by atoms with E-state index in [9.17, 15) is 20.4 Å². The summed E-state index contributed by atoms with van der Waals surface area (Å²) in [6, 6.07) is 12.4. The molecule has 1 saturated carbocycles. The van der Waals surface area contributed by atoms with Gasteiger partial charge in [-0.05, 0) is 53.1 Å². The van der Waals surface area contributed by atoms with Gasteiger partial charge in [0.25, 0.3) is 0 Å². The van der Waals surface area contributed by atoms with Gasteiger partial charge in [-0.15, -0.1) is 0 Å². The molecule has 0 aliphatic heterocycles. The molecule has 2 atom stereocenters. The van der Waals surface area contributed by atoms with Crippen molar-refractivity contribution in [3.8, 4) is 34.3 Å². The molecule has 2 aliphatic rings. The van der Waals surface area contributed by atoms with Crippen molar-refractivity contribution in [2.24, 2.45) is 0 Å². The number of nitrogens with zero attached hydrogens (tertiary/aromatic N) is 1. The third-order valence-corrected chi connectivity index (χ3v) is 7.09. The van der Waals surface area contributed by atoms with Crippen LogP contribution in [0.3, 0.4) is 0 Å². The van der Waals surface area contributed by atoms with Crippen LogP contribution < -0.4 is 5.46 Å². The quantitative estimate of drug-likeness (QED) is 0.171. The lowest BCUT2D eigenvalue weighted by molar-refractivity contribution is 0.348. The first-order valence-electron chi connectivity index (χ1n) is 10.3. The Balaban J connectivity index is 1.81. The molecule has 6 heteroatoms. The van der Waals surface area contributed by atoms with Crippen LogP contribution in [0.4, 0.5) is 0 Å². The number of rotatable bonds is 1. The van der Waals surface area contributed by atoms with Gasteiger partial charge >= 0.3 is 0 Å². The summed E-state index contributed by atoms with van der Waals surface area (Å²) in [5, 5.41) is 44.6. The third-order valence-electron chi connectivity index (χ3n) is 7.09. The standard InChI is InChI=1S/C24H20BNO4/c25-18-17(21(27)23(29)24(30)22(18)28)20-16-12-6-5-11(9-12)15(16)14-8-7-10-3-1-2-4-13(10)19(14)26-20/h1-4,7-8,11-12,27-30H,5-6,9,25H2. The minimum atomic E-state index is -0.718. The molecule has 148 valence electrons. The van der Waals surface area contributed by atoms with E-state index in [2.05, 4.69) is 18.2 Å². The van der Waals surface area contributed by atoms with E-state index in [1.165, 1.54) is 5.56 Å². The van der Waals surface area contributed by atoms with Crippen LogP contribution in [0, 0.1) is 0 Å². The Hall–Kier alpha value is -3.41. The molecule has 2 unspecified atom stereocenters. The second-order valence-corrected chi connectivity index (χ2v) is 8.57.